The van der Waals surface area contributed by atoms with Crippen LogP contribution in [0.25, 0.3) is 0 Å². The third-order valence-corrected chi connectivity index (χ3v) is 3.33. The molecule has 94 valence electrons. The van der Waals surface area contributed by atoms with Gasteiger partial charge in [-0.1, -0.05) is 0 Å². The van der Waals surface area contributed by atoms with Crippen LogP contribution in [0.15, 0.2) is 10.7 Å². The maximum absolute atomic E-state index is 10.3. The molecule has 1 aliphatic heterocycles. The molecule has 1 aliphatic rings. The monoisotopic (exact) mass is 302 g/mol. The number of halogens is 1. The largest absolute Gasteiger partial charge is 0.385 e. The molecule has 1 fully saturated rings. The van der Waals surface area contributed by atoms with E-state index in [9.17, 15) is 5.11 Å². The SMILES string of the molecule is CC1OCCC1(O)CNc1nc(N)cc(Br)n1. The first-order chi connectivity index (χ1) is 7.99. The highest BCUT2D eigenvalue weighted by Gasteiger charge is 2.39. The van der Waals surface area contributed by atoms with Gasteiger partial charge in [0, 0.05) is 25.6 Å². The molecule has 2 atom stereocenters. The zero-order valence-electron chi connectivity index (χ0n) is 9.48. The highest BCUT2D eigenvalue weighted by atomic mass is 79.9. The molecule has 1 aromatic heterocycles. The number of nitrogens with one attached hydrogen (secondary N) is 1. The molecule has 1 saturated heterocycles. The van der Waals surface area contributed by atoms with Gasteiger partial charge in [0.2, 0.25) is 5.95 Å². The Balaban J connectivity index is 2.02. The fourth-order valence-electron chi connectivity index (χ4n) is 1.75. The van der Waals surface area contributed by atoms with Crippen LogP contribution in [0.5, 0.6) is 0 Å². The summed E-state index contributed by atoms with van der Waals surface area (Å²) in [6.07, 6.45) is 0.407. The lowest BCUT2D eigenvalue weighted by Gasteiger charge is -2.26. The first-order valence-electron chi connectivity index (χ1n) is 5.37. The smallest absolute Gasteiger partial charge is 0.225 e. The van der Waals surface area contributed by atoms with Crippen molar-refractivity contribution in [3.8, 4) is 0 Å². The molecule has 2 rings (SSSR count). The Morgan fingerprint density at radius 2 is 2.47 bits per heavy atom. The second kappa shape index (κ2) is 4.75. The van der Waals surface area contributed by atoms with E-state index in [0.717, 1.165) is 0 Å². The molecule has 0 bridgehead atoms. The van der Waals surface area contributed by atoms with Gasteiger partial charge in [0.05, 0.1) is 6.10 Å². The number of nitrogen functional groups attached to an aromatic ring is 1. The lowest BCUT2D eigenvalue weighted by atomic mass is 9.97. The molecule has 7 heteroatoms. The van der Waals surface area contributed by atoms with Gasteiger partial charge in [-0.05, 0) is 22.9 Å². The van der Waals surface area contributed by atoms with Crippen molar-refractivity contribution in [1.29, 1.82) is 0 Å². The third-order valence-electron chi connectivity index (χ3n) is 2.93. The van der Waals surface area contributed by atoms with Crippen LogP contribution >= 0.6 is 15.9 Å². The number of hydrogen-bond acceptors (Lipinski definition) is 6. The lowest BCUT2D eigenvalue weighted by Crippen LogP contribution is -2.43. The predicted octanol–water partition coefficient (Wildman–Crippen LogP) is 0.773. The molecule has 1 aromatic rings. The van der Waals surface area contributed by atoms with Gasteiger partial charge in [-0.15, -0.1) is 0 Å². The Morgan fingerprint density at radius 3 is 3.06 bits per heavy atom. The summed E-state index contributed by atoms with van der Waals surface area (Å²) < 4.78 is 5.95. The van der Waals surface area contributed by atoms with Gasteiger partial charge < -0.3 is 20.9 Å². The van der Waals surface area contributed by atoms with Crippen LogP contribution in [0.4, 0.5) is 11.8 Å². The summed E-state index contributed by atoms with van der Waals surface area (Å²) in [4.78, 5) is 8.14. The summed E-state index contributed by atoms with van der Waals surface area (Å²) in [6.45, 7) is 2.76. The zero-order valence-corrected chi connectivity index (χ0v) is 11.1. The first-order valence-corrected chi connectivity index (χ1v) is 6.17. The van der Waals surface area contributed by atoms with Crippen molar-refractivity contribution in [3.63, 3.8) is 0 Å². The van der Waals surface area contributed by atoms with E-state index in [1.165, 1.54) is 0 Å². The van der Waals surface area contributed by atoms with E-state index in [4.69, 9.17) is 10.5 Å². The van der Waals surface area contributed by atoms with Crippen LogP contribution < -0.4 is 11.1 Å². The summed E-state index contributed by atoms with van der Waals surface area (Å²) in [7, 11) is 0. The molecule has 2 heterocycles. The molecule has 0 radical (unpaired) electrons. The molecule has 17 heavy (non-hydrogen) atoms. The van der Waals surface area contributed by atoms with Crippen molar-refractivity contribution < 1.29 is 9.84 Å². The van der Waals surface area contributed by atoms with Crippen LogP contribution in [0, 0.1) is 0 Å². The van der Waals surface area contributed by atoms with Crippen molar-refractivity contribution >= 4 is 27.7 Å². The number of rotatable bonds is 3. The zero-order chi connectivity index (χ0) is 12.5. The van der Waals surface area contributed by atoms with Gasteiger partial charge in [0.15, 0.2) is 0 Å². The minimum absolute atomic E-state index is 0.195. The molecule has 0 spiro atoms. The maximum Gasteiger partial charge on any atom is 0.225 e. The van der Waals surface area contributed by atoms with Gasteiger partial charge in [0.1, 0.15) is 16.0 Å². The summed E-state index contributed by atoms with van der Waals surface area (Å²) in [5.41, 5.74) is 4.72. The van der Waals surface area contributed by atoms with E-state index in [1.807, 2.05) is 6.92 Å². The van der Waals surface area contributed by atoms with Gasteiger partial charge in [-0.2, -0.15) is 4.98 Å². The van der Waals surface area contributed by atoms with Crippen molar-refractivity contribution in [2.75, 3.05) is 24.2 Å². The van der Waals surface area contributed by atoms with Crippen LogP contribution in [0.2, 0.25) is 0 Å². The Kier molecular flexibility index (Phi) is 3.50. The highest BCUT2D eigenvalue weighted by molar-refractivity contribution is 9.10. The molecular formula is C10H15BrN4O2. The topological polar surface area (TPSA) is 93.3 Å². The average Bonchev–Trinajstić information content (AvgIpc) is 2.56. The quantitative estimate of drug-likeness (QED) is 0.714. The summed E-state index contributed by atoms with van der Waals surface area (Å²) in [5, 5.41) is 13.3. The molecule has 0 amide bonds. The van der Waals surface area contributed by atoms with Crippen molar-refractivity contribution in [1.82, 2.24) is 9.97 Å². The Morgan fingerprint density at radius 1 is 1.71 bits per heavy atom. The summed E-state index contributed by atoms with van der Waals surface area (Å²) in [5.74, 6) is 0.765. The van der Waals surface area contributed by atoms with Gasteiger partial charge in [-0.3, -0.25) is 0 Å². The Bertz CT molecular complexity index is 397. The molecule has 6 nitrogen and oxygen atoms in total. The van der Waals surface area contributed by atoms with Crippen LogP contribution in [-0.2, 0) is 4.74 Å². The van der Waals surface area contributed by atoms with Crippen LogP contribution in [0.1, 0.15) is 13.3 Å². The number of nitrogens with two attached hydrogens (primary N) is 1. The van der Waals surface area contributed by atoms with Crippen LogP contribution in [0.3, 0.4) is 0 Å². The van der Waals surface area contributed by atoms with E-state index in [0.29, 0.717) is 35.9 Å². The normalized spacial score (nSPS) is 28.3. The molecule has 4 N–H and O–H groups in total. The Labute approximate surface area is 108 Å². The van der Waals surface area contributed by atoms with Crippen molar-refractivity contribution in [2.24, 2.45) is 0 Å². The second-order valence-electron chi connectivity index (χ2n) is 4.16. The summed E-state index contributed by atoms with van der Waals surface area (Å²) >= 11 is 3.23. The Hall–Kier alpha value is -0.920. The third kappa shape index (κ3) is 2.85. The van der Waals surface area contributed by atoms with E-state index >= 15 is 0 Å². The minimum atomic E-state index is -0.875. The number of nitrogens with zero attached hydrogens (tertiary/aromatic N) is 2. The van der Waals surface area contributed by atoms with E-state index in [2.05, 4.69) is 31.2 Å². The number of hydrogen-bond donors (Lipinski definition) is 3. The van der Waals surface area contributed by atoms with E-state index < -0.39 is 5.60 Å². The predicted molar refractivity (Wildman–Crippen MR) is 67.6 cm³/mol. The fourth-order valence-corrected chi connectivity index (χ4v) is 2.15. The van der Waals surface area contributed by atoms with E-state index in [1.54, 1.807) is 6.07 Å². The number of anilines is 2. The number of ether oxygens (including phenoxy) is 1. The molecular weight excluding hydrogens is 288 g/mol. The standard InChI is InChI=1S/C10H15BrN4O2/c1-6-10(16,2-3-17-6)5-13-9-14-7(11)4-8(12)15-9/h4,6,16H,2-3,5H2,1H3,(H3,12,13,14,15). The fraction of sp³-hybridized carbons (Fsp3) is 0.600. The second-order valence-corrected chi connectivity index (χ2v) is 4.97. The molecule has 0 aliphatic carbocycles. The number of aromatic nitrogens is 2. The molecule has 0 saturated carbocycles. The lowest BCUT2D eigenvalue weighted by molar-refractivity contribution is -0.0176. The van der Waals surface area contributed by atoms with Crippen molar-refractivity contribution in [2.45, 2.75) is 25.0 Å². The first kappa shape index (κ1) is 12.5. The average molecular weight is 303 g/mol. The molecule has 2 unspecified atom stereocenters. The van der Waals surface area contributed by atoms with Gasteiger partial charge in [0.25, 0.3) is 0 Å². The highest BCUT2D eigenvalue weighted by Crippen LogP contribution is 2.25. The van der Waals surface area contributed by atoms with E-state index in [-0.39, 0.29) is 6.10 Å². The van der Waals surface area contributed by atoms with Crippen molar-refractivity contribution in [3.05, 3.63) is 10.7 Å². The maximum atomic E-state index is 10.3. The molecule has 0 aromatic carbocycles. The number of aliphatic hydroxyl groups is 1. The minimum Gasteiger partial charge on any atom is -0.385 e. The van der Waals surface area contributed by atoms with Gasteiger partial charge >= 0.3 is 0 Å². The van der Waals surface area contributed by atoms with Crippen LogP contribution in [-0.4, -0.2) is 39.9 Å². The summed E-state index contributed by atoms with van der Waals surface area (Å²) in [6, 6.07) is 1.61. The van der Waals surface area contributed by atoms with Gasteiger partial charge in [-0.25, -0.2) is 4.98 Å².